The summed E-state index contributed by atoms with van der Waals surface area (Å²) in [6, 6.07) is 6.15. The summed E-state index contributed by atoms with van der Waals surface area (Å²) in [6.45, 7) is 4.54. The zero-order valence-corrected chi connectivity index (χ0v) is 15.3. The van der Waals surface area contributed by atoms with Gasteiger partial charge in [-0.05, 0) is 45.0 Å². The molecule has 1 rings (SSSR count). The van der Waals surface area contributed by atoms with Gasteiger partial charge in [-0.15, -0.1) is 0 Å². The first-order valence-electron chi connectivity index (χ1n) is 7.61. The predicted molar refractivity (Wildman–Crippen MR) is 91.8 cm³/mol. The SMILES string of the molecule is COC(=O)C(=[N+]=[N-])C(=O)N(CC(=O)OC(C)(C)C)c1ccc(OC)cc1. The number of methoxy groups -OCH3 is 2. The number of anilines is 1. The summed E-state index contributed by atoms with van der Waals surface area (Å²) < 4.78 is 14.7. The third-order valence-corrected chi connectivity index (χ3v) is 3.02. The van der Waals surface area contributed by atoms with E-state index in [1.54, 1.807) is 32.9 Å². The van der Waals surface area contributed by atoms with Crippen LogP contribution in [0, 0.1) is 0 Å². The van der Waals surface area contributed by atoms with Crippen molar-refractivity contribution in [3.05, 3.63) is 29.8 Å². The number of carbonyl (C=O) groups excluding carboxylic acids is 3. The highest BCUT2D eigenvalue weighted by Crippen LogP contribution is 2.20. The van der Waals surface area contributed by atoms with Crippen LogP contribution in [0.25, 0.3) is 5.53 Å². The number of amides is 1. The molecule has 0 aliphatic heterocycles. The minimum absolute atomic E-state index is 0.270. The lowest BCUT2D eigenvalue weighted by atomic mass is 10.2. The maximum Gasteiger partial charge on any atom is 0.463 e. The van der Waals surface area contributed by atoms with Crippen LogP contribution in [-0.2, 0) is 23.9 Å². The zero-order valence-electron chi connectivity index (χ0n) is 15.3. The molecule has 0 fully saturated rings. The largest absolute Gasteiger partial charge is 0.497 e. The second kappa shape index (κ2) is 8.77. The van der Waals surface area contributed by atoms with Gasteiger partial charge in [-0.2, -0.15) is 4.79 Å². The van der Waals surface area contributed by atoms with Gasteiger partial charge in [0.05, 0.1) is 14.2 Å². The Balaban J connectivity index is 3.23. The molecule has 0 atom stereocenters. The van der Waals surface area contributed by atoms with Gasteiger partial charge in [-0.1, -0.05) is 0 Å². The number of carbonyl (C=O) groups is 3. The Bertz CT molecular complexity index is 730. The van der Waals surface area contributed by atoms with E-state index in [0.29, 0.717) is 5.75 Å². The van der Waals surface area contributed by atoms with Crippen LogP contribution in [0.15, 0.2) is 24.3 Å². The van der Waals surface area contributed by atoms with E-state index >= 15 is 0 Å². The molecule has 0 spiro atoms. The molecule has 9 nitrogen and oxygen atoms in total. The molecule has 0 unspecified atom stereocenters. The molecular weight excluding hydrogens is 342 g/mol. The lowest BCUT2D eigenvalue weighted by Crippen LogP contribution is -2.45. The first-order chi connectivity index (χ1) is 12.1. The molecule has 1 aromatic rings. The average Bonchev–Trinajstić information content (AvgIpc) is 2.58. The Morgan fingerprint density at radius 1 is 1.12 bits per heavy atom. The summed E-state index contributed by atoms with van der Waals surface area (Å²) >= 11 is 0. The standard InChI is InChI=1S/C17H21N3O6/c1-17(2,3)26-13(21)10-20(11-6-8-12(24-4)9-7-11)15(22)14(19-18)16(23)25-5/h6-9H,10H2,1-5H3. The summed E-state index contributed by atoms with van der Waals surface area (Å²) in [6.07, 6.45) is 0. The number of benzene rings is 1. The summed E-state index contributed by atoms with van der Waals surface area (Å²) in [7, 11) is 2.51. The lowest BCUT2D eigenvalue weighted by Gasteiger charge is -2.24. The molecule has 9 heteroatoms. The summed E-state index contributed by atoms with van der Waals surface area (Å²) in [5, 5.41) is 0. The van der Waals surface area contributed by atoms with Gasteiger partial charge < -0.3 is 19.7 Å². The van der Waals surface area contributed by atoms with E-state index in [2.05, 4.69) is 9.53 Å². The fraction of sp³-hybridized carbons (Fsp3) is 0.412. The maximum absolute atomic E-state index is 12.6. The van der Waals surface area contributed by atoms with Crippen molar-refractivity contribution >= 4 is 29.2 Å². The molecule has 0 heterocycles. The fourth-order valence-corrected chi connectivity index (χ4v) is 1.94. The van der Waals surface area contributed by atoms with Gasteiger partial charge >= 0.3 is 23.6 Å². The van der Waals surface area contributed by atoms with Gasteiger partial charge in [0.1, 0.15) is 17.9 Å². The molecule has 1 amide bonds. The Hall–Kier alpha value is -3.19. The van der Waals surface area contributed by atoms with Crippen LogP contribution in [0.3, 0.4) is 0 Å². The summed E-state index contributed by atoms with van der Waals surface area (Å²) in [4.78, 5) is 40.1. The van der Waals surface area contributed by atoms with E-state index in [1.807, 2.05) is 0 Å². The Morgan fingerprint density at radius 2 is 1.69 bits per heavy atom. The first-order valence-corrected chi connectivity index (χ1v) is 7.61. The van der Waals surface area contributed by atoms with E-state index in [0.717, 1.165) is 12.0 Å². The van der Waals surface area contributed by atoms with Crippen LogP contribution in [0.5, 0.6) is 5.75 Å². The molecule has 0 saturated carbocycles. The monoisotopic (exact) mass is 363 g/mol. The van der Waals surface area contributed by atoms with E-state index in [4.69, 9.17) is 15.0 Å². The normalized spacial score (nSPS) is 10.3. The van der Waals surface area contributed by atoms with E-state index in [1.165, 1.54) is 19.2 Å². The van der Waals surface area contributed by atoms with Crippen LogP contribution in [0.4, 0.5) is 5.69 Å². The van der Waals surface area contributed by atoms with Crippen molar-refractivity contribution in [1.82, 2.24) is 0 Å². The van der Waals surface area contributed by atoms with Gasteiger partial charge in [0, 0.05) is 5.69 Å². The van der Waals surface area contributed by atoms with Crippen molar-refractivity contribution in [2.24, 2.45) is 0 Å². The quantitative estimate of drug-likeness (QED) is 0.246. The van der Waals surface area contributed by atoms with Crippen molar-refractivity contribution in [3.63, 3.8) is 0 Å². The number of rotatable bonds is 6. The van der Waals surface area contributed by atoms with Crippen molar-refractivity contribution < 1.29 is 33.4 Å². The van der Waals surface area contributed by atoms with Gasteiger partial charge in [-0.3, -0.25) is 14.5 Å². The van der Waals surface area contributed by atoms with Gasteiger partial charge in [0.25, 0.3) is 0 Å². The molecule has 140 valence electrons. The molecule has 0 aliphatic rings. The Labute approximate surface area is 151 Å². The van der Waals surface area contributed by atoms with Crippen molar-refractivity contribution in [2.45, 2.75) is 26.4 Å². The molecule has 0 radical (unpaired) electrons. The van der Waals surface area contributed by atoms with Crippen molar-refractivity contribution in [1.29, 1.82) is 0 Å². The first kappa shape index (κ1) is 20.9. The summed E-state index contributed by atoms with van der Waals surface area (Å²) in [5.41, 5.74) is 7.64. The Kier molecular flexibility index (Phi) is 7.04. The Morgan fingerprint density at radius 3 is 2.12 bits per heavy atom. The van der Waals surface area contributed by atoms with E-state index < -0.39 is 35.7 Å². The van der Waals surface area contributed by atoms with Crippen LogP contribution in [-0.4, -0.2) is 54.7 Å². The van der Waals surface area contributed by atoms with Crippen LogP contribution in [0.2, 0.25) is 0 Å². The molecule has 26 heavy (non-hydrogen) atoms. The van der Waals surface area contributed by atoms with Crippen LogP contribution in [0.1, 0.15) is 20.8 Å². The molecule has 0 bridgehead atoms. The third-order valence-electron chi connectivity index (χ3n) is 3.02. The number of ether oxygens (including phenoxy) is 3. The molecule has 0 saturated heterocycles. The molecular formula is C17H21N3O6. The smallest absolute Gasteiger partial charge is 0.463 e. The average molecular weight is 363 g/mol. The number of esters is 2. The second-order valence-corrected chi connectivity index (χ2v) is 6.12. The van der Waals surface area contributed by atoms with E-state index in [-0.39, 0.29) is 5.69 Å². The third kappa shape index (κ3) is 5.71. The molecule has 0 N–H and O–H groups in total. The minimum atomic E-state index is -1.14. The second-order valence-electron chi connectivity index (χ2n) is 6.12. The van der Waals surface area contributed by atoms with Gasteiger partial charge in [0.15, 0.2) is 0 Å². The molecule has 0 aromatic heterocycles. The van der Waals surface area contributed by atoms with E-state index in [9.17, 15) is 14.4 Å². The minimum Gasteiger partial charge on any atom is -0.497 e. The predicted octanol–water partition coefficient (Wildman–Crippen LogP) is 1.21. The highest BCUT2D eigenvalue weighted by Gasteiger charge is 2.37. The maximum atomic E-state index is 12.6. The number of nitrogens with zero attached hydrogens (tertiary/aromatic N) is 3. The zero-order chi connectivity index (χ0) is 19.9. The topological polar surface area (TPSA) is 119 Å². The van der Waals surface area contributed by atoms with Crippen LogP contribution >= 0.6 is 0 Å². The highest BCUT2D eigenvalue weighted by molar-refractivity contribution is 6.64. The lowest BCUT2D eigenvalue weighted by molar-refractivity contribution is -0.153. The fourth-order valence-electron chi connectivity index (χ4n) is 1.94. The van der Waals surface area contributed by atoms with Crippen molar-refractivity contribution in [2.75, 3.05) is 25.7 Å². The number of hydrogen-bond donors (Lipinski definition) is 0. The summed E-state index contributed by atoms with van der Waals surface area (Å²) in [5.74, 6) is -2.33. The number of hydrogen-bond acceptors (Lipinski definition) is 6. The highest BCUT2D eigenvalue weighted by atomic mass is 16.6. The van der Waals surface area contributed by atoms with Crippen LogP contribution < -0.4 is 9.64 Å². The molecule has 1 aromatic carbocycles. The van der Waals surface area contributed by atoms with Gasteiger partial charge in [-0.25, -0.2) is 4.79 Å². The van der Waals surface area contributed by atoms with Crippen molar-refractivity contribution in [3.8, 4) is 5.75 Å². The molecule has 0 aliphatic carbocycles. The van der Waals surface area contributed by atoms with Gasteiger partial charge in [0.2, 0.25) is 0 Å².